The van der Waals surface area contributed by atoms with Gasteiger partial charge >= 0.3 is 6.18 Å². The molecule has 0 heterocycles. The zero-order chi connectivity index (χ0) is 40.3. The summed E-state index contributed by atoms with van der Waals surface area (Å²) in [6.07, 6.45) is -4.58. The topological polar surface area (TPSA) is 23.8 Å². The minimum Gasteiger partial charge on any atom is -0.192 e. The fourth-order valence-electron chi connectivity index (χ4n) is 10.2. The van der Waals surface area contributed by atoms with Gasteiger partial charge in [0, 0.05) is 0 Å². The van der Waals surface area contributed by atoms with E-state index in [0.29, 0.717) is 5.56 Å². The van der Waals surface area contributed by atoms with Gasteiger partial charge in [0.05, 0.1) is 17.2 Å². The van der Waals surface area contributed by atoms with Gasteiger partial charge in [0.2, 0.25) is 0 Å². The highest BCUT2D eigenvalue weighted by Crippen LogP contribution is 2.55. The van der Waals surface area contributed by atoms with Crippen LogP contribution in [-0.4, -0.2) is 0 Å². The summed E-state index contributed by atoms with van der Waals surface area (Å²) in [5.74, 6) is 0. The molecule has 12 rings (SSSR count). The Hall–Kier alpha value is -7.74. The van der Waals surface area contributed by atoms with Crippen molar-refractivity contribution in [2.45, 2.75) is 6.18 Å². The van der Waals surface area contributed by atoms with E-state index in [1.807, 2.05) is 18.2 Å². The Morgan fingerprint density at radius 2 is 0.850 bits per heavy atom. The molecule has 12 aromatic carbocycles. The second-order valence-corrected chi connectivity index (χ2v) is 15.7. The van der Waals surface area contributed by atoms with Crippen LogP contribution in [0.3, 0.4) is 0 Å². The number of alkyl halides is 3. The molecule has 0 fully saturated rings. The number of halogens is 3. The molecular formula is C56H30F3N. The number of hydrogen-bond acceptors (Lipinski definition) is 1. The van der Waals surface area contributed by atoms with Gasteiger partial charge in [-0.2, -0.15) is 18.4 Å². The number of benzene rings is 10. The maximum absolute atomic E-state index is 14.4. The van der Waals surface area contributed by atoms with Crippen molar-refractivity contribution in [3.63, 3.8) is 0 Å². The molecule has 0 saturated carbocycles. The molecule has 1 nitrogen and oxygen atoms in total. The monoisotopic (exact) mass is 773 g/mol. The first kappa shape index (κ1) is 34.3. The van der Waals surface area contributed by atoms with E-state index in [2.05, 4.69) is 140 Å². The standard InChI is InChI=1S/C56H30F3N/c57-56(58,59)48-27-24-32(31-60)28-45(48)36-17-9-16-35(29-36)37-25-26-44-51-40(37)20-10-23-43(51)54-49(33-12-3-1-4-13-33)47-30-46-39-19-8-7-18-38(39)41-21-11-22-42(52(41)46)53(47)50(55(44)54)34-14-5-2-6-15-34/h1-30H. The lowest BCUT2D eigenvalue weighted by Gasteiger charge is -2.19. The van der Waals surface area contributed by atoms with Crippen LogP contribution in [0.15, 0.2) is 182 Å². The summed E-state index contributed by atoms with van der Waals surface area (Å²) in [5.41, 5.74) is 6.13. The van der Waals surface area contributed by atoms with E-state index in [4.69, 9.17) is 0 Å². The predicted octanol–water partition coefficient (Wildman–Crippen LogP) is 16.2. The Labute approximate surface area is 342 Å². The Kier molecular flexibility index (Phi) is 7.22. The molecule has 0 N–H and O–H groups in total. The van der Waals surface area contributed by atoms with Gasteiger partial charge in [0.1, 0.15) is 0 Å². The van der Waals surface area contributed by atoms with E-state index < -0.39 is 11.7 Å². The third-order valence-electron chi connectivity index (χ3n) is 12.6. The van der Waals surface area contributed by atoms with E-state index in [0.717, 1.165) is 49.9 Å². The molecule has 0 aliphatic heterocycles. The molecule has 0 saturated heterocycles. The van der Waals surface area contributed by atoms with Gasteiger partial charge in [-0.15, -0.1) is 0 Å². The van der Waals surface area contributed by atoms with Gasteiger partial charge < -0.3 is 0 Å². The van der Waals surface area contributed by atoms with Gasteiger partial charge in [-0.3, -0.25) is 0 Å². The van der Waals surface area contributed by atoms with Crippen molar-refractivity contribution in [1.82, 2.24) is 0 Å². The lowest BCUT2D eigenvalue weighted by molar-refractivity contribution is -0.137. The van der Waals surface area contributed by atoms with E-state index in [1.54, 1.807) is 12.1 Å². The minimum atomic E-state index is -4.58. The maximum atomic E-state index is 14.4. The Morgan fingerprint density at radius 3 is 1.55 bits per heavy atom. The zero-order valence-corrected chi connectivity index (χ0v) is 31.9. The van der Waals surface area contributed by atoms with E-state index in [9.17, 15) is 18.4 Å². The number of nitriles is 1. The van der Waals surface area contributed by atoms with Gasteiger partial charge in [-0.25, -0.2) is 0 Å². The summed E-state index contributed by atoms with van der Waals surface area (Å²) in [4.78, 5) is 0. The summed E-state index contributed by atoms with van der Waals surface area (Å²) in [7, 11) is 0. The summed E-state index contributed by atoms with van der Waals surface area (Å²) in [5, 5.41) is 26.2. The molecule has 0 aromatic heterocycles. The average Bonchev–Trinajstić information content (AvgIpc) is 3.80. The van der Waals surface area contributed by atoms with Crippen molar-refractivity contribution < 1.29 is 13.2 Å². The molecule has 12 aromatic rings. The lowest BCUT2D eigenvalue weighted by Crippen LogP contribution is -2.07. The number of nitrogens with zero attached hydrogens (tertiary/aromatic N) is 1. The Morgan fingerprint density at radius 1 is 0.333 bits per heavy atom. The maximum Gasteiger partial charge on any atom is 0.417 e. The normalized spacial score (nSPS) is 12.2. The lowest BCUT2D eigenvalue weighted by atomic mass is 9.84. The van der Waals surface area contributed by atoms with Crippen molar-refractivity contribution in [3.8, 4) is 50.6 Å². The van der Waals surface area contributed by atoms with Crippen molar-refractivity contribution in [3.05, 3.63) is 193 Å². The summed E-state index contributed by atoms with van der Waals surface area (Å²) in [6.45, 7) is 0. The molecule has 0 aliphatic carbocycles. The zero-order valence-electron chi connectivity index (χ0n) is 31.9. The molecule has 0 radical (unpaired) electrons. The van der Waals surface area contributed by atoms with Gasteiger partial charge in [0.25, 0.3) is 0 Å². The van der Waals surface area contributed by atoms with Crippen LogP contribution < -0.4 is 0 Å². The minimum absolute atomic E-state index is 0.0148. The van der Waals surface area contributed by atoms with Gasteiger partial charge in [-0.1, -0.05) is 152 Å². The molecule has 0 atom stereocenters. The fourth-order valence-corrected chi connectivity index (χ4v) is 10.2. The molecule has 0 aliphatic rings. The molecular weight excluding hydrogens is 744 g/mol. The van der Waals surface area contributed by atoms with Gasteiger partial charge in [0.15, 0.2) is 0 Å². The third-order valence-corrected chi connectivity index (χ3v) is 12.6. The number of fused-ring (bicyclic) bond motifs is 8. The molecule has 0 unspecified atom stereocenters. The number of rotatable bonds is 4. The molecule has 0 amide bonds. The molecule has 0 spiro atoms. The molecule has 60 heavy (non-hydrogen) atoms. The van der Waals surface area contributed by atoms with Crippen molar-refractivity contribution in [2.24, 2.45) is 0 Å². The van der Waals surface area contributed by atoms with Gasteiger partial charge in [-0.05, 0) is 150 Å². The van der Waals surface area contributed by atoms with Crippen molar-refractivity contribution in [1.29, 1.82) is 5.26 Å². The fraction of sp³-hybridized carbons (Fsp3) is 0.0179. The van der Waals surface area contributed by atoms with Crippen LogP contribution in [0.4, 0.5) is 13.2 Å². The highest BCUT2D eigenvalue weighted by molar-refractivity contribution is 6.45. The Bertz CT molecular complexity index is 3750. The van der Waals surface area contributed by atoms with Crippen molar-refractivity contribution >= 4 is 75.4 Å². The summed E-state index contributed by atoms with van der Waals surface area (Å²) in [6, 6.07) is 62.9. The van der Waals surface area contributed by atoms with E-state index in [-0.39, 0.29) is 11.1 Å². The highest BCUT2D eigenvalue weighted by Gasteiger charge is 2.34. The molecule has 0 bridgehead atoms. The molecule has 4 heteroatoms. The van der Waals surface area contributed by atoms with Crippen LogP contribution >= 0.6 is 0 Å². The van der Waals surface area contributed by atoms with E-state index >= 15 is 0 Å². The van der Waals surface area contributed by atoms with Crippen LogP contribution in [0.2, 0.25) is 0 Å². The summed E-state index contributed by atoms with van der Waals surface area (Å²) >= 11 is 0. The SMILES string of the molecule is N#Cc1ccc(C(F)(F)F)c(-c2cccc(-c3ccc4c5c(-c6ccccc6)c6c(cc7c8ccccc8c8cccc6c87)c(-c6ccccc6)c5c5cccc3c54)c2)c1. The average molecular weight is 774 g/mol. The van der Waals surface area contributed by atoms with E-state index in [1.165, 1.54) is 77.1 Å². The second-order valence-electron chi connectivity index (χ2n) is 15.7. The number of hydrogen-bond donors (Lipinski definition) is 0. The van der Waals surface area contributed by atoms with Crippen LogP contribution in [0.25, 0.3) is 120 Å². The van der Waals surface area contributed by atoms with Crippen LogP contribution in [0.1, 0.15) is 11.1 Å². The summed E-state index contributed by atoms with van der Waals surface area (Å²) < 4.78 is 43.1. The first-order valence-electron chi connectivity index (χ1n) is 20.0. The predicted molar refractivity (Wildman–Crippen MR) is 243 cm³/mol. The third kappa shape index (κ3) is 4.81. The quantitative estimate of drug-likeness (QED) is 0.163. The largest absolute Gasteiger partial charge is 0.417 e. The smallest absolute Gasteiger partial charge is 0.192 e. The first-order chi connectivity index (χ1) is 29.4. The highest BCUT2D eigenvalue weighted by atomic mass is 19.4. The van der Waals surface area contributed by atoms with Crippen LogP contribution in [0, 0.1) is 11.3 Å². The van der Waals surface area contributed by atoms with Crippen molar-refractivity contribution in [2.75, 3.05) is 0 Å². The second kappa shape index (κ2) is 12.6. The molecule has 280 valence electrons. The first-order valence-corrected chi connectivity index (χ1v) is 20.0. The van der Waals surface area contributed by atoms with Crippen LogP contribution in [0.5, 0.6) is 0 Å². The van der Waals surface area contributed by atoms with Crippen LogP contribution in [-0.2, 0) is 6.18 Å². The Balaban J connectivity index is 1.25.